The Balaban J connectivity index is 0.00000107. The topological polar surface area (TPSA) is 342 Å². The number of phenols is 1. The Kier molecular flexibility index (Phi) is 17.7. The molecule has 0 spiro atoms. The number of hydrogen-bond donors (Lipinski definition) is 4. The Morgan fingerprint density at radius 3 is 1.51 bits per heavy atom. The van der Waals surface area contributed by atoms with E-state index in [1.54, 1.807) is 44.2 Å². The fourth-order valence-electron chi connectivity index (χ4n) is 7.32. The summed E-state index contributed by atoms with van der Waals surface area (Å²) in [6, 6.07) is 37.9. The monoisotopic (exact) mass is 1090 g/mol. The van der Waals surface area contributed by atoms with E-state index in [2.05, 4.69) is 46.2 Å². The minimum absolute atomic E-state index is 0.00804. The molecule has 0 radical (unpaired) electrons. The van der Waals surface area contributed by atoms with E-state index in [0.717, 1.165) is 51.7 Å². The maximum absolute atomic E-state index is 12.3. The Labute approximate surface area is 431 Å². The van der Waals surface area contributed by atoms with Crippen LogP contribution >= 0.6 is 0 Å². The average Bonchev–Trinajstić information content (AvgIpc) is 3.32. The quantitative estimate of drug-likeness (QED) is 0.0653. The highest BCUT2D eigenvalue weighted by Gasteiger charge is 2.21. The standard InChI is InChI=1S/C49H41N9O7S2.2O3S/c1-28-20-37(51-55-43-23-30(3)44(24-29(43)2)56-54-42-18-14-34-25-36(15-17-39(34)49(42)59)50-35-11-7-6-8-12-35)16-19-41(28)53-52-38-21-31(4)48(32(5)22-38)58-57-45-27-40-33(26-47(45)67(63,64)65)10-9-13-46(40)66(60,61)62;2*1-4(2)3/h6-27,50,59H,1-5H3,(H,60,61,62)(H,63,64,65);;. The van der Waals surface area contributed by atoms with Gasteiger partial charge < -0.3 is 10.4 Å². The molecule has 8 aromatic rings. The molecule has 22 nitrogen and oxygen atoms in total. The van der Waals surface area contributed by atoms with E-state index in [4.69, 9.17) is 25.3 Å². The van der Waals surface area contributed by atoms with Crippen molar-refractivity contribution in [3.05, 3.63) is 161 Å². The molecule has 0 aromatic heterocycles. The third kappa shape index (κ3) is 15.0. The molecule has 0 amide bonds. The Hall–Kier alpha value is -8.66. The highest BCUT2D eigenvalue weighted by molar-refractivity contribution is 7.86. The molecule has 0 heterocycles. The number of anilines is 2. The van der Waals surface area contributed by atoms with Crippen molar-refractivity contribution in [2.45, 2.75) is 44.4 Å². The van der Waals surface area contributed by atoms with Crippen LogP contribution in [0.15, 0.2) is 184 Å². The van der Waals surface area contributed by atoms with E-state index in [-0.39, 0.29) is 22.2 Å². The molecule has 0 saturated heterocycles. The van der Waals surface area contributed by atoms with E-state index in [1.807, 2.05) is 93.6 Å². The number of hydrogen-bond acceptors (Lipinski definition) is 20. The molecule has 8 rings (SSSR count). The predicted octanol–water partition coefficient (Wildman–Crippen LogP) is 13.1. The molecule has 0 bridgehead atoms. The molecule has 0 fully saturated rings. The first-order valence-electron chi connectivity index (χ1n) is 21.5. The normalized spacial score (nSPS) is 11.8. The number of phenolic OH excluding ortho intramolecular Hbond substituents is 1. The highest BCUT2D eigenvalue weighted by Crippen LogP contribution is 2.40. The molecule has 0 aliphatic heterocycles. The summed E-state index contributed by atoms with van der Waals surface area (Å²) in [6.45, 7) is 9.20. The summed E-state index contributed by atoms with van der Waals surface area (Å²) in [5.41, 5.74) is 8.94. The van der Waals surface area contributed by atoms with Gasteiger partial charge in [-0.3, -0.25) is 9.11 Å². The second-order valence-corrected chi connectivity index (χ2v) is 19.7. The van der Waals surface area contributed by atoms with Crippen molar-refractivity contribution in [2.24, 2.45) is 40.9 Å². The molecular weight excluding hydrogens is 1050 g/mol. The summed E-state index contributed by atoms with van der Waals surface area (Å²) >= 11 is 0. The Morgan fingerprint density at radius 2 is 0.907 bits per heavy atom. The SMILES string of the molecule is Cc1cc(N=Nc2cc(C)c(N=Nc3ccc4cc(Nc5ccccc5)ccc4c3O)cc2C)ccc1N=Nc1cc(C)c(N=Nc2cc3c(S(=O)(=O)O)cccc3cc2S(=O)(=O)O)c(C)c1.O=S(=O)=O.O=S(=O)=O. The number of azo groups is 4. The van der Waals surface area contributed by atoms with Crippen molar-refractivity contribution in [1.82, 2.24) is 0 Å². The molecule has 4 N–H and O–H groups in total. The summed E-state index contributed by atoms with van der Waals surface area (Å²) in [5, 5.41) is 51.1. The first-order valence-corrected chi connectivity index (χ1v) is 26.4. The minimum Gasteiger partial charge on any atom is -0.505 e. The zero-order valence-corrected chi connectivity index (χ0v) is 43.1. The third-order valence-electron chi connectivity index (χ3n) is 10.7. The summed E-state index contributed by atoms with van der Waals surface area (Å²) < 4.78 is 119. The van der Waals surface area contributed by atoms with Crippen molar-refractivity contribution >= 4 is 120 Å². The smallest absolute Gasteiger partial charge is 0.425 e. The molecule has 8 aromatic carbocycles. The molecule has 0 aliphatic carbocycles. The molecule has 0 aliphatic rings. The van der Waals surface area contributed by atoms with Gasteiger partial charge in [0.05, 0.1) is 34.1 Å². The molecule has 0 saturated carbocycles. The third-order valence-corrected chi connectivity index (χ3v) is 12.5. The van der Waals surface area contributed by atoms with Gasteiger partial charge in [0.2, 0.25) is 0 Å². The van der Waals surface area contributed by atoms with Gasteiger partial charge in [-0.05, 0) is 170 Å². The van der Waals surface area contributed by atoms with Crippen LogP contribution in [0.5, 0.6) is 5.75 Å². The van der Waals surface area contributed by atoms with Crippen LogP contribution in [0.1, 0.15) is 27.8 Å². The van der Waals surface area contributed by atoms with Gasteiger partial charge in [-0.25, -0.2) is 0 Å². The number of fused-ring (bicyclic) bond motifs is 2. The molecule has 75 heavy (non-hydrogen) atoms. The lowest BCUT2D eigenvalue weighted by molar-refractivity contribution is 0.482. The highest BCUT2D eigenvalue weighted by atomic mass is 32.2. The number of aryl methyl sites for hydroxylation is 5. The number of para-hydroxylation sites is 1. The van der Waals surface area contributed by atoms with Gasteiger partial charge in [0.25, 0.3) is 20.2 Å². The second kappa shape index (κ2) is 23.9. The van der Waals surface area contributed by atoms with Crippen molar-refractivity contribution in [3.8, 4) is 5.75 Å². The van der Waals surface area contributed by atoms with E-state index in [1.165, 1.54) is 12.1 Å². The average molecular weight is 1090 g/mol. The van der Waals surface area contributed by atoms with Gasteiger partial charge in [0.15, 0.2) is 5.75 Å². The van der Waals surface area contributed by atoms with Crippen LogP contribution in [0, 0.1) is 34.6 Å². The predicted molar refractivity (Wildman–Crippen MR) is 278 cm³/mol. The largest absolute Gasteiger partial charge is 0.505 e. The fraction of sp³-hybridized carbons (Fsp3) is 0.102. The summed E-state index contributed by atoms with van der Waals surface area (Å²) in [4.78, 5) is -1.05. The molecule has 0 atom stereocenters. The zero-order valence-electron chi connectivity index (χ0n) is 39.8. The fourth-order valence-corrected chi connectivity index (χ4v) is 8.67. The lowest BCUT2D eigenvalue weighted by Crippen LogP contribution is -2.01. The lowest BCUT2D eigenvalue weighted by Gasteiger charge is -2.09. The number of benzene rings is 8. The Morgan fingerprint density at radius 1 is 0.400 bits per heavy atom. The van der Waals surface area contributed by atoms with Crippen molar-refractivity contribution in [3.63, 3.8) is 0 Å². The van der Waals surface area contributed by atoms with Gasteiger partial charge in [0, 0.05) is 22.1 Å². The summed E-state index contributed by atoms with van der Waals surface area (Å²) in [6.07, 6.45) is 0. The van der Waals surface area contributed by atoms with Crippen molar-refractivity contribution < 1.29 is 56.3 Å². The van der Waals surface area contributed by atoms with E-state index < -0.39 is 51.2 Å². The number of nitrogens with one attached hydrogen (secondary N) is 1. The van der Waals surface area contributed by atoms with Crippen LogP contribution in [-0.2, 0) is 41.5 Å². The summed E-state index contributed by atoms with van der Waals surface area (Å²) in [5.74, 6) is 0.0418. The number of nitrogens with zero attached hydrogens (tertiary/aromatic N) is 8. The van der Waals surface area contributed by atoms with Crippen molar-refractivity contribution in [2.75, 3.05) is 5.32 Å². The molecule has 0 unspecified atom stereocenters. The van der Waals surface area contributed by atoms with E-state index >= 15 is 0 Å². The minimum atomic E-state index is -4.80. The first-order chi connectivity index (χ1) is 35.4. The van der Waals surface area contributed by atoms with E-state index in [9.17, 15) is 31.0 Å². The van der Waals surface area contributed by atoms with Crippen LogP contribution in [0.2, 0.25) is 0 Å². The Bertz CT molecular complexity index is 4080. The maximum atomic E-state index is 12.3. The van der Waals surface area contributed by atoms with Crippen LogP contribution in [0.4, 0.5) is 56.9 Å². The number of rotatable bonds is 12. The van der Waals surface area contributed by atoms with Crippen LogP contribution in [-0.4, -0.2) is 56.3 Å². The first kappa shape index (κ1) is 55.7. The van der Waals surface area contributed by atoms with Gasteiger partial charge in [-0.2, -0.15) is 42.4 Å². The molecule has 26 heteroatoms. The van der Waals surface area contributed by atoms with Gasteiger partial charge in [0.1, 0.15) is 21.2 Å². The molecule has 384 valence electrons. The van der Waals surface area contributed by atoms with E-state index in [0.29, 0.717) is 56.3 Å². The van der Waals surface area contributed by atoms with Gasteiger partial charge in [-0.15, -0.1) is 40.6 Å². The van der Waals surface area contributed by atoms with Crippen LogP contribution in [0.25, 0.3) is 21.5 Å². The molecular formula is C49H41N9O13S4. The lowest BCUT2D eigenvalue weighted by atomic mass is 10.1. The van der Waals surface area contributed by atoms with Crippen molar-refractivity contribution in [1.29, 1.82) is 0 Å². The van der Waals surface area contributed by atoms with Crippen LogP contribution < -0.4 is 5.32 Å². The van der Waals surface area contributed by atoms with Crippen LogP contribution in [0.3, 0.4) is 0 Å². The van der Waals surface area contributed by atoms with Gasteiger partial charge >= 0.3 is 21.2 Å². The second-order valence-electron chi connectivity index (χ2n) is 16.1. The zero-order chi connectivity index (χ0) is 54.8. The maximum Gasteiger partial charge on any atom is 0.425 e. The van der Waals surface area contributed by atoms with Gasteiger partial charge in [-0.1, -0.05) is 36.4 Å². The summed E-state index contributed by atoms with van der Waals surface area (Å²) in [7, 11) is -15.7. The number of aromatic hydroxyl groups is 1.